The molecule has 0 unspecified atom stereocenters. The van der Waals surface area contributed by atoms with Gasteiger partial charge in [0.15, 0.2) is 7.11 Å². The van der Waals surface area contributed by atoms with Crippen molar-refractivity contribution in [2.24, 2.45) is 5.73 Å². The molecule has 0 aromatic rings. The standard InChI is InChI=1S/CH3ClO4.CH5N/c1-6-2(3,4)5;1-2/h1H3;2H2,1H3. The van der Waals surface area contributed by atoms with E-state index in [2.05, 4.69) is 10.0 Å². The maximum atomic E-state index is 9.19. The molecule has 0 aliphatic rings. The summed E-state index contributed by atoms with van der Waals surface area (Å²) in [7, 11) is -1.88. The molecule has 0 saturated carbocycles. The molecule has 0 aromatic heterocycles. The van der Waals surface area contributed by atoms with E-state index in [1.165, 1.54) is 7.05 Å². The summed E-state index contributed by atoms with van der Waals surface area (Å²) in [6, 6.07) is 0. The van der Waals surface area contributed by atoms with Crippen LogP contribution in [0.3, 0.4) is 0 Å². The third-order valence-corrected chi connectivity index (χ3v) is 0.567. The molecule has 6 heteroatoms. The van der Waals surface area contributed by atoms with Crippen LogP contribution in [0.5, 0.6) is 0 Å². The second-order valence-electron chi connectivity index (χ2n) is 0.532. The Labute approximate surface area is 49.4 Å². The molecule has 0 rings (SSSR count). The third-order valence-electron chi connectivity index (χ3n) is 0.189. The normalized spacial score (nSPS) is 9.75. The average Bonchev–Trinajstić information content (AvgIpc) is 1.71. The number of halogens is 1. The van der Waals surface area contributed by atoms with Gasteiger partial charge < -0.3 is 5.73 Å². The minimum absolute atomic E-state index is 0.796. The zero-order chi connectivity index (χ0) is 7.21. The van der Waals surface area contributed by atoms with E-state index in [9.17, 15) is 14.0 Å². The molecule has 0 aliphatic heterocycles. The third kappa shape index (κ3) is 16.5. The Balaban J connectivity index is 0. The van der Waals surface area contributed by atoms with Crippen LogP contribution < -0.4 is 19.7 Å². The van der Waals surface area contributed by atoms with Crippen LogP contribution in [0.15, 0.2) is 0 Å². The average molecular weight is 146 g/mol. The minimum atomic E-state index is -4.18. The van der Waals surface area contributed by atoms with E-state index in [4.69, 9.17) is 0 Å². The molecule has 0 heterocycles. The molecule has 2 N–H and O–H groups in total. The van der Waals surface area contributed by atoms with Crippen LogP contribution in [-0.4, -0.2) is 14.2 Å². The Morgan fingerprint density at radius 3 is 1.38 bits per heavy atom. The summed E-state index contributed by atoms with van der Waals surface area (Å²) in [6.07, 6.45) is 0. The van der Waals surface area contributed by atoms with Crippen molar-refractivity contribution in [3.63, 3.8) is 0 Å². The summed E-state index contributed by atoms with van der Waals surface area (Å²) in [5, 5.41) is 0. The largest absolute Gasteiger partial charge is 0.333 e. The molecular weight excluding hydrogens is 137 g/mol. The van der Waals surface area contributed by atoms with Gasteiger partial charge in [-0.25, -0.2) is 0 Å². The zero-order valence-electron chi connectivity index (χ0n) is 4.59. The molecule has 0 radical (unpaired) electrons. The van der Waals surface area contributed by atoms with Gasteiger partial charge in [0.05, 0.1) is 14.5 Å². The summed E-state index contributed by atoms with van der Waals surface area (Å²) in [6.45, 7) is 0. The van der Waals surface area contributed by atoms with Crippen LogP contribution in [0.1, 0.15) is 0 Å². The maximum Gasteiger partial charge on any atom is 0.193 e. The SMILES string of the molecule is CN.CO[Cl+3]([O-])([O-])[O-]. The van der Waals surface area contributed by atoms with E-state index in [0.29, 0.717) is 0 Å². The molecule has 0 saturated heterocycles. The van der Waals surface area contributed by atoms with Crippen LogP contribution >= 0.6 is 0 Å². The van der Waals surface area contributed by atoms with Gasteiger partial charge in [-0.2, -0.15) is 14.0 Å². The fourth-order valence-corrected chi connectivity index (χ4v) is 0. The first kappa shape index (κ1) is 11.0. The Kier molecular flexibility index (Phi) is 7.17. The quantitative estimate of drug-likeness (QED) is 0.406. The first-order valence-electron chi connectivity index (χ1n) is 1.60. The fraction of sp³-hybridized carbons (Fsp3) is 1.00. The minimum Gasteiger partial charge on any atom is -0.333 e. The molecule has 8 heavy (non-hydrogen) atoms. The van der Waals surface area contributed by atoms with E-state index >= 15 is 0 Å². The molecule has 0 atom stereocenters. The zero-order valence-corrected chi connectivity index (χ0v) is 5.34. The molecule has 0 aromatic carbocycles. The lowest BCUT2D eigenvalue weighted by Crippen LogP contribution is -2.60. The van der Waals surface area contributed by atoms with Crippen molar-refractivity contribution in [1.29, 1.82) is 0 Å². The smallest absolute Gasteiger partial charge is 0.193 e. The monoisotopic (exact) mass is 145 g/mol. The van der Waals surface area contributed by atoms with E-state index in [1.54, 1.807) is 0 Å². The van der Waals surface area contributed by atoms with Gasteiger partial charge >= 0.3 is 0 Å². The van der Waals surface area contributed by atoms with Gasteiger partial charge in [0.1, 0.15) is 0 Å². The van der Waals surface area contributed by atoms with Gasteiger partial charge in [-0.3, -0.25) is 0 Å². The topological polar surface area (TPSA) is 104 Å². The fourth-order valence-electron chi connectivity index (χ4n) is 0. The van der Waals surface area contributed by atoms with E-state index in [-0.39, 0.29) is 0 Å². The summed E-state index contributed by atoms with van der Waals surface area (Å²) in [5.41, 5.74) is 4.50. The summed E-state index contributed by atoms with van der Waals surface area (Å²) in [5.74, 6) is 0. The van der Waals surface area contributed by atoms with E-state index in [1.807, 2.05) is 0 Å². The van der Waals surface area contributed by atoms with Gasteiger partial charge in [-0.15, -0.1) is 0 Å². The highest BCUT2D eigenvalue weighted by atomic mass is 35.7. The van der Waals surface area contributed by atoms with Crippen molar-refractivity contribution in [2.45, 2.75) is 0 Å². The lowest BCUT2D eigenvalue weighted by molar-refractivity contribution is -1.92. The predicted molar refractivity (Wildman–Crippen MR) is 17.1 cm³/mol. The van der Waals surface area contributed by atoms with Crippen molar-refractivity contribution in [2.75, 3.05) is 14.2 Å². The molecule has 5 nitrogen and oxygen atoms in total. The molecule has 0 amide bonds. The van der Waals surface area contributed by atoms with Gasteiger partial charge in [-0.05, 0) is 7.05 Å². The molecule has 0 bridgehead atoms. The molecule has 52 valence electrons. The van der Waals surface area contributed by atoms with Gasteiger partial charge in [0.2, 0.25) is 0 Å². The van der Waals surface area contributed by atoms with Gasteiger partial charge in [-0.1, -0.05) is 0 Å². The summed E-state index contributed by atoms with van der Waals surface area (Å²) < 4.78 is 30.9. The van der Waals surface area contributed by atoms with Crippen molar-refractivity contribution < 1.29 is 28.5 Å². The number of hydrogen-bond acceptors (Lipinski definition) is 5. The highest BCUT2D eigenvalue weighted by Crippen LogP contribution is 1.77. The summed E-state index contributed by atoms with van der Waals surface area (Å²) >= 11 is 0. The van der Waals surface area contributed by atoms with E-state index in [0.717, 1.165) is 7.11 Å². The summed E-state index contributed by atoms with van der Waals surface area (Å²) in [4.78, 5) is 0. The highest BCUT2D eigenvalue weighted by Gasteiger charge is 2.08. The number of nitrogens with two attached hydrogens (primary N) is 1. The highest BCUT2D eigenvalue weighted by molar-refractivity contribution is 3.54. The van der Waals surface area contributed by atoms with Crippen LogP contribution in [0.4, 0.5) is 0 Å². The van der Waals surface area contributed by atoms with Crippen molar-refractivity contribution in [1.82, 2.24) is 0 Å². The number of hydrogen-bond donors (Lipinski definition) is 1. The van der Waals surface area contributed by atoms with Gasteiger partial charge in [0, 0.05) is 0 Å². The molecule has 0 aliphatic carbocycles. The molecular formula is C2H8ClNO4. The molecule has 0 spiro atoms. The Morgan fingerprint density at radius 2 is 1.38 bits per heavy atom. The maximum absolute atomic E-state index is 9.19. The Bertz CT molecular complexity index is 43.8. The lowest BCUT2D eigenvalue weighted by atomic mass is 11.6. The van der Waals surface area contributed by atoms with Crippen molar-refractivity contribution in [3.8, 4) is 0 Å². The second kappa shape index (κ2) is 5.23. The Morgan fingerprint density at radius 1 is 1.25 bits per heavy atom. The van der Waals surface area contributed by atoms with Crippen LogP contribution in [0.25, 0.3) is 0 Å². The first-order valence-corrected chi connectivity index (χ1v) is 2.84. The molecule has 0 fully saturated rings. The lowest BCUT2D eigenvalue weighted by Gasteiger charge is -2.08. The van der Waals surface area contributed by atoms with Crippen LogP contribution in [0.2, 0.25) is 0 Å². The second-order valence-corrected chi connectivity index (χ2v) is 1.60. The predicted octanol–water partition coefficient (Wildman–Crippen LogP) is -3.89. The number of rotatable bonds is 1. The van der Waals surface area contributed by atoms with E-state index < -0.39 is 10.2 Å². The van der Waals surface area contributed by atoms with Crippen LogP contribution in [0, 0.1) is 10.2 Å². The Hall–Kier alpha value is 0.0900. The van der Waals surface area contributed by atoms with Crippen molar-refractivity contribution in [3.05, 3.63) is 0 Å². The first-order chi connectivity index (χ1) is 3.56. The van der Waals surface area contributed by atoms with Crippen molar-refractivity contribution >= 4 is 0 Å². The van der Waals surface area contributed by atoms with Gasteiger partial charge in [0.25, 0.3) is 0 Å². The van der Waals surface area contributed by atoms with Crippen LogP contribution in [-0.2, 0) is 4.29 Å².